The number of methoxy groups -OCH3 is 1. The molecule has 5 heteroatoms. The number of fused-ring (bicyclic) bond motifs is 4. The molecule has 0 saturated heterocycles. The van der Waals surface area contributed by atoms with Crippen LogP contribution >= 0.6 is 0 Å². The summed E-state index contributed by atoms with van der Waals surface area (Å²) >= 11 is 0. The molecule has 4 rings (SSSR count). The van der Waals surface area contributed by atoms with Crippen LogP contribution in [-0.4, -0.2) is 47.7 Å². The van der Waals surface area contributed by atoms with Crippen molar-refractivity contribution < 1.29 is 24.5 Å². The highest BCUT2D eigenvalue weighted by molar-refractivity contribution is 5.67. The lowest BCUT2D eigenvalue weighted by Crippen LogP contribution is -2.63. The maximum absolute atomic E-state index is 12.5. The number of aliphatic hydroxyl groups excluding tert-OH is 2. The molecular formula is C33H52O5. The van der Waals surface area contributed by atoms with Crippen LogP contribution in [0.25, 0.3) is 0 Å². The minimum absolute atomic E-state index is 0.234. The third-order valence-electron chi connectivity index (χ3n) is 11.4. The minimum Gasteiger partial charge on any atom is -0.458 e. The van der Waals surface area contributed by atoms with Crippen LogP contribution in [0, 0.1) is 39.9 Å². The molecule has 9 atom stereocenters. The molecule has 5 nitrogen and oxygen atoms in total. The van der Waals surface area contributed by atoms with Crippen LogP contribution in [0.5, 0.6) is 0 Å². The van der Waals surface area contributed by atoms with E-state index in [1.165, 1.54) is 23.6 Å². The van der Waals surface area contributed by atoms with Crippen molar-refractivity contribution in [3.8, 4) is 0 Å². The van der Waals surface area contributed by atoms with Gasteiger partial charge in [0, 0.05) is 19.4 Å². The Hall–Kier alpha value is -1.43. The summed E-state index contributed by atoms with van der Waals surface area (Å²) in [5, 5.41) is 23.5. The van der Waals surface area contributed by atoms with Crippen LogP contribution < -0.4 is 0 Å². The smallest absolute Gasteiger partial charge is 0.303 e. The number of ether oxygens (including phenoxy) is 2. The van der Waals surface area contributed by atoms with E-state index in [1.54, 1.807) is 7.11 Å². The van der Waals surface area contributed by atoms with Gasteiger partial charge >= 0.3 is 5.97 Å². The minimum atomic E-state index is -0.899. The topological polar surface area (TPSA) is 76.0 Å². The summed E-state index contributed by atoms with van der Waals surface area (Å²) in [6.45, 7) is 21.3. The largest absolute Gasteiger partial charge is 0.458 e. The number of rotatable bonds is 7. The second-order valence-electron chi connectivity index (χ2n) is 14.2. The van der Waals surface area contributed by atoms with Gasteiger partial charge in [-0.3, -0.25) is 4.79 Å². The Bertz CT molecular complexity index is 1020. The Morgan fingerprint density at radius 3 is 2.39 bits per heavy atom. The van der Waals surface area contributed by atoms with Gasteiger partial charge in [-0.15, -0.1) is 0 Å². The van der Waals surface area contributed by atoms with Gasteiger partial charge in [-0.25, -0.2) is 0 Å². The summed E-state index contributed by atoms with van der Waals surface area (Å²) in [6.07, 6.45) is 5.30. The fraction of sp³-hybridized carbons (Fsp3) is 0.788. The van der Waals surface area contributed by atoms with E-state index >= 15 is 0 Å². The molecule has 2 unspecified atom stereocenters. The van der Waals surface area contributed by atoms with E-state index in [-0.39, 0.29) is 29.3 Å². The summed E-state index contributed by atoms with van der Waals surface area (Å²) in [7, 11) is 1.69. The molecule has 0 bridgehead atoms. The highest BCUT2D eigenvalue weighted by Gasteiger charge is 2.65. The lowest BCUT2D eigenvalue weighted by molar-refractivity contribution is -0.182. The van der Waals surface area contributed by atoms with Gasteiger partial charge in [0.2, 0.25) is 0 Å². The van der Waals surface area contributed by atoms with E-state index in [0.29, 0.717) is 18.3 Å². The number of carbonyl (C=O) groups is 1. The lowest BCUT2D eigenvalue weighted by atomic mass is 9.45. The summed E-state index contributed by atoms with van der Waals surface area (Å²) in [5.41, 5.74) is 3.65. The molecule has 4 aliphatic rings. The van der Waals surface area contributed by atoms with Crippen LogP contribution in [0.1, 0.15) is 93.9 Å². The molecule has 4 aliphatic carbocycles. The quantitative estimate of drug-likeness (QED) is 0.296. The highest BCUT2D eigenvalue weighted by atomic mass is 16.6. The molecule has 0 spiro atoms. The number of allylic oxidation sites excluding steroid dienone is 3. The molecule has 0 aromatic heterocycles. The predicted molar refractivity (Wildman–Crippen MR) is 151 cm³/mol. The van der Waals surface area contributed by atoms with Crippen molar-refractivity contribution in [3.05, 3.63) is 34.9 Å². The van der Waals surface area contributed by atoms with Gasteiger partial charge in [0.1, 0.15) is 12.2 Å². The van der Waals surface area contributed by atoms with Crippen LogP contribution in [0.15, 0.2) is 34.9 Å². The summed E-state index contributed by atoms with van der Waals surface area (Å²) in [4.78, 5) is 12.5. The third kappa shape index (κ3) is 4.36. The average molecular weight is 529 g/mol. The van der Waals surface area contributed by atoms with Crippen molar-refractivity contribution in [2.75, 3.05) is 7.11 Å². The highest BCUT2D eigenvalue weighted by Crippen LogP contribution is 2.67. The standard InChI is InChI=1S/C33H52O5/c1-18(2)19(3)11-12-20(4)23-14-15-24-22-13-16-26-31(6,7)29(37-10)25(35)17-32(26,8)27(22)28(36)30(33(23,24)9)38-21(5)34/h15,18,20,23,25-26,28-30,35-36H,3,11-14,16-17H2,1-2,4-10H3/t20-,23-,25-,26+,28-,29+,30+,32?,33?/m1/s1. The molecule has 0 aliphatic heterocycles. The van der Waals surface area contributed by atoms with Gasteiger partial charge < -0.3 is 19.7 Å². The summed E-state index contributed by atoms with van der Waals surface area (Å²) in [6, 6.07) is 0. The van der Waals surface area contributed by atoms with Gasteiger partial charge in [-0.1, -0.05) is 66.7 Å². The number of aliphatic hydroxyl groups is 2. The van der Waals surface area contributed by atoms with E-state index in [4.69, 9.17) is 9.47 Å². The molecule has 38 heavy (non-hydrogen) atoms. The Labute approximate surface area is 230 Å². The normalized spacial score (nSPS) is 40.7. The number of esters is 1. The first-order valence-corrected chi connectivity index (χ1v) is 14.8. The molecule has 1 fully saturated rings. The van der Waals surface area contributed by atoms with E-state index in [0.717, 1.165) is 37.7 Å². The first kappa shape index (κ1) is 29.6. The van der Waals surface area contributed by atoms with Crippen molar-refractivity contribution in [2.24, 2.45) is 39.9 Å². The first-order chi connectivity index (χ1) is 17.6. The maximum atomic E-state index is 12.5. The maximum Gasteiger partial charge on any atom is 0.303 e. The Morgan fingerprint density at radius 1 is 1.16 bits per heavy atom. The summed E-state index contributed by atoms with van der Waals surface area (Å²) in [5.74, 6) is 1.00. The molecule has 0 amide bonds. The van der Waals surface area contributed by atoms with Crippen LogP contribution in [0.3, 0.4) is 0 Å². The van der Waals surface area contributed by atoms with Crippen molar-refractivity contribution in [3.63, 3.8) is 0 Å². The van der Waals surface area contributed by atoms with E-state index in [9.17, 15) is 15.0 Å². The molecule has 0 radical (unpaired) electrons. The Morgan fingerprint density at radius 2 is 1.82 bits per heavy atom. The zero-order valence-electron chi connectivity index (χ0n) is 25.3. The van der Waals surface area contributed by atoms with Gasteiger partial charge in [0.15, 0.2) is 0 Å². The number of hydrogen-bond donors (Lipinski definition) is 2. The van der Waals surface area contributed by atoms with Crippen molar-refractivity contribution in [1.82, 2.24) is 0 Å². The Kier molecular flexibility index (Phi) is 7.93. The first-order valence-electron chi connectivity index (χ1n) is 14.8. The van der Waals surface area contributed by atoms with Gasteiger partial charge in [0.05, 0.1) is 12.2 Å². The molecule has 1 saturated carbocycles. The zero-order valence-corrected chi connectivity index (χ0v) is 25.3. The molecule has 2 N–H and O–H groups in total. The summed E-state index contributed by atoms with van der Waals surface area (Å²) < 4.78 is 11.9. The SMILES string of the molecule is C=C(CC[C@@H](C)[C@H]1CC=C2C3=C([C@@H](O)[C@H](OC(C)=O)C21C)C1(C)C[C@@H](O)[C@H](OC)C(C)(C)[C@@H]1CC3)C(C)C. The lowest BCUT2D eigenvalue weighted by Gasteiger charge is -2.62. The fourth-order valence-electron chi connectivity index (χ4n) is 9.51. The van der Waals surface area contributed by atoms with Crippen molar-refractivity contribution in [1.29, 1.82) is 0 Å². The molecule has 0 aromatic rings. The zero-order chi connectivity index (χ0) is 28.4. The van der Waals surface area contributed by atoms with Crippen LogP contribution in [0.2, 0.25) is 0 Å². The van der Waals surface area contributed by atoms with Gasteiger partial charge in [0.25, 0.3) is 0 Å². The molecule has 214 valence electrons. The van der Waals surface area contributed by atoms with E-state index < -0.39 is 29.1 Å². The predicted octanol–water partition coefficient (Wildman–Crippen LogP) is 6.39. The second-order valence-corrected chi connectivity index (χ2v) is 14.2. The van der Waals surface area contributed by atoms with Crippen molar-refractivity contribution >= 4 is 5.97 Å². The number of carbonyl (C=O) groups excluding carboxylic acids is 1. The Balaban J connectivity index is 1.78. The van der Waals surface area contributed by atoms with Crippen LogP contribution in [0.4, 0.5) is 0 Å². The third-order valence-corrected chi connectivity index (χ3v) is 11.4. The van der Waals surface area contributed by atoms with Crippen LogP contribution in [-0.2, 0) is 14.3 Å². The second kappa shape index (κ2) is 10.2. The van der Waals surface area contributed by atoms with E-state index in [1.807, 2.05) is 0 Å². The van der Waals surface area contributed by atoms with Crippen molar-refractivity contribution in [2.45, 2.75) is 118 Å². The molecule has 0 aromatic carbocycles. The van der Waals surface area contributed by atoms with Gasteiger partial charge in [-0.05, 0) is 89.7 Å². The van der Waals surface area contributed by atoms with E-state index in [2.05, 4.69) is 61.1 Å². The fourth-order valence-corrected chi connectivity index (χ4v) is 9.51. The monoisotopic (exact) mass is 528 g/mol. The number of hydrogen-bond acceptors (Lipinski definition) is 5. The van der Waals surface area contributed by atoms with Gasteiger partial charge in [-0.2, -0.15) is 0 Å². The molecule has 0 heterocycles. The molecular weight excluding hydrogens is 476 g/mol. The average Bonchev–Trinajstić information content (AvgIpc) is 3.16.